The van der Waals surface area contributed by atoms with Crippen molar-refractivity contribution < 1.29 is 19.0 Å². The first kappa shape index (κ1) is 14.1. The molecule has 0 amide bonds. The zero-order valence-electron chi connectivity index (χ0n) is 10.3. The number of carboxylic acids is 1. The average molecular weight is 285 g/mol. The molecule has 0 fully saturated rings. The van der Waals surface area contributed by atoms with E-state index >= 15 is 0 Å². The maximum atomic E-state index is 13.0. The predicted octanol–water partition coefficient (Wildman–Crippen LogP) is 1.66. The highest BCUT2D eigenvalue weighted by molar-refractivity contribution is 7.99. The summed E-state index contributed by atoms with van der Waals surface area (Å²) in [6.45, 7) is 0. The largest absolute Gasteiger partial charge is 0.489 e. The molecule has 104 valence electrons. The third-order valence-electron chi connectivity index (χ3n) is 2.96. The van der Waals surface area contributed by atoms with Gasteiger partial charge in [0.05, 0.1) is 0 Å². The van der Waals surface area contributed by atoms with Gasteiger partial charge < -0.3 is 15.6 Å². The minimum atomic E-state index is -0.972. The van der Waals surface area contributed by atoms with Crippen LogP contribution >= 0.6 is 11.8 Å². The minimum Gasteiger partial charge on any atom is -0.489 e. The summed E-state index contributed by atoms with van der Waals surface area (Å²) in [5, 5.41) is 8.64. The molecular formula is C13H16FNO3S. The Labute approximate surface area is 115 Å². The van der Waals surface area contributed by atoms with E-state index in [0.717, 1.165) is 17.1 Å². The number of hydrogen-bond acceptors (Lipinski definition) is 4. The molecule has 0 saturated carbocycles. The van der Waals surface area contributed by atoms with Crippen molar-refractivity contribution in [3.05, 3.63) is 29.6 Å². The Kier molecular flexibility index (Phi) is 4.66. The molecule has 19 heavy (non-hydrogen) atoms. The fourth-order valence-corrected chi connectivity index (χ4v) is 2.97. The van der Waals surface area contributed by atoms with Gasteiger partial charge in [-0.05, 0) is 30.4 Å². The zero-order valence-corrected chi connectivity index (χ0v) is 11.2. The standard InChI is InChI=1S/C13H16FNO3S/c14-9-1-2-12-8(5-9)6-10(18-12)7-19-4-3-11(15)13(16)17/h1-2,5,10-11H,3-4,6-7,15H2,(H,16,17). The summed E-state index contributed by atoms with van der Waals surface area (Å²) in [7, 11) is 0. The van der Waals surface area contributed by atoms with Gasteiger partial charge in [-0.3, -0.25) is 4.79 Å². The van der Waals surface area contributed by atoms with Crippen molar-refractivity contribution in [1.29, 1.82) is 0 Å². The van der Waals surface area contributed by atoms with Gasteiger partial charge in [-0.2, -0.15) is 11.8 Å². The molecule has 1 aliphatic heterocycles. The molecule has 2 atom stereocenters. The third-order valence-corrected chi connectivity index (χ3v) is 4.09. The van der Waals surface area contributed by atoms with E-state index in [4.69, 9.17) is 15.6 Å². The summed E-state index contributed by atoms with van der Waals surface area (Å²) in [6, 6.07) is 3.74. The van der Waals surface area contributed by atoms with Crippen LogP contribution in [0.2, 0.25) is 0 Å². The van der Waals surface area contributed by atoms with Crippen LogP contribution in [0.3, 0.4) is 0 Å². The van der Waals surface area contributed by atoms with E-state index in [1.54, 1.807) is 17.8 Å². The lowest BCUT2D eigenvalue weighted by Gasteiger charge is -2.11. The van der Waals surface area contributed by atoms with Crippen molar-refractivity contribution in [1.82, 2.24) is 0 Å². The van der Waals surface area contributed by atoms with Gasteiger partial charge in [-0.1, -0.05) is 0 Å². The van der Waals surface area contributed by atoms with Crippen LogP contribution in [0.15, 0.2) is 18.2 Å². The summed E-state index contributed by atoms with van der Waals surface area (Å²) in [5.74, 6) is 0.957. The van der Waals surface area contributed by atoms with Crippen LogP contribution in [0.4, 0.5) is 4.39 Å². The maximum Gasteiger partial charge on any atom is 0.320 e. The lowest BCUT2D eigenvalue weighted by molar-refractivity contribution is -0.138. The number of benzene rings is 1. The first-order chi connectivity index (χ1) is 9.06. The summed E-state index contributed by atoms with van der Waals surface area (Å²) < 4.78 is 18.7. The van der Waals surface area contributed by atoms with Crippen LogP contribution in [0.5, 0.6) is 5.75 Å². The number of aliphatic carboxylic acids is 1. The molecule has 2 unspecified atom stereocenters. The zero-order chi connectivity index (χ0) is 13.8. The Balaban J connectivity index is 1.71. The monoisotopic (exact) mass is 285 g/mol. The number of fused-ring (bicyclic) bond motifs is 1. The van der Waals surface area contributed by atoms with Gasteiger partial charge in [0.15, 0.2) is 0 Å². The van der Waals surface area contributed by atoms with Crippen LogP contribution in [-0.4, -0.2) is 34.7 Å². The van der Waals surface area contributed by atoms with Crippen LogP contribution in [0.1, 0.15) is 12.0 Å². The van der Waals surface area contributed by atoms with E-state index in [-0.39, 0.29) is 11.9 Å². The van der Waals surface area contributed by atoms with Crippen LogP contribution in [0.25, 0.3) is 0 Å². The summed E-state index contributed by atoms with van der Waals surface area (Å²) in [4.78, 5) is 10.5. The number of halogens is 1. The van der Waals surface area contributed by atoms with Gasteiger partial charge >= 0.3 is 5.97 Å². The smallest absolute Gasteiger partial charge is 0.320 e. The second-order valence-electron chi connectivity index (χ2n) is 4.50. The molecule has 1 aliphatic rings. The van der Waals surface area contributed by atoms with Crippen LogP contribution < -0.4 is 10.5 Å². The normalized spacial score (nSPS) is 18.7. The first-order valence-corrected chi connectivity index (χ1v) is 7.23. The Hall–Kier alpha value is -1.27. The fourth-order valence-electron chi connectivity index (χ4n) is 1.93. The molecule has 0 saturated heterocycles. The molecule has 2 rings (SSSR count). The Bertz CT molecular complexity index is 469. The third kappa shape index (κ3) is 3.84. The minimum absolute atomic E-state index is 0.0304. The van der Waals surface area contributed by atoms with E-state index in [2.05, 4.69) is 0 Å². The van der Waals surface area contributed by atoms with Gasteiger partial charge in [-0.25, -0.2) is 4.39 Å². The number of carbonyl (C=O) groups is 1. The molecule has 0 spiro atoms. The molecular weight excluding hydrogens is 269 g/mol. The molecule has 6 heteroatoms. The maximum absolute atomic E-state index is 13.0. The van der Waals surface area contributed by atoms with E-state index in [1.165, 1.54) is 12.1 Å². The van der Waals surface area contributed by atoms with Crippen molar-refractivity contribution in [3.8, 4) is 5.75 Å². The van der Waals surface area contributed by atoms with Gasteiger partial charge in [0.25, 0.3) is 0 Å². The molecule has 0 bridgehead atoms. The van der Waals surface area contributed by atoms with Crippen LogP contribution in [0, 0.1) is 5.82 Å². The number of nitrogens with two attached hydrogens (primary N) is 1. The lowest BCUT2D eigenvalue weighted by Crippen LogP contribution is -2.30. The number of ether oxygens (including phenoxy) is 1. The molecule has 0 aromatic heterocycles. The number of carboxylic acid groups (broad SMARTS) is 1. The van der Waals surface area contributed by atoms with Gasteiger partial charge in [0, 0.05) is 17.7 Å². The van der Waals surface area contributed by atoms with E-state index in [1.807, 2.05) is 0 Å². The van der Waals surface area contributed by atoms with Crippen molar-refractivity contribution >= 4 is 17.7 Å². The highest BCUT2D eigenvalue weighted by Crippen LogP contribution is 2.30. The molecule has 1 aromatic rings. The van der Waals surface area contributed by atoms with E-state index in [0.29, 0.717) is 18.6 Å². The van der Waals surface area contributed by atoms with E-state index < -0.39 is 12.0 Å². The summed E-state index contributed by atoms with van der Waals surface area (Å²) in [5.41, 5.74) is 6.31. The highest BCUT2D eigenvalue weighted by atomic mass is 32.2. The Morgan fingerprint density at radius 3 is 3.16 bits per heavy atom. The van der Waals surface area contributed by atoms with E-state index in [9.17, 15) is 9.18 Å². The van der Waals surface area contributed by atoms with Gasteiger partial charge in [0.1, 0.15) is 23.7 Å². The lowest BCUT2D eigenvalue weighted by atomic mass is 10.1. The number of rotatable bonds is 6. The van der Waals surface area contributed by atoms with Crippen molar-refractivity contribution in [2.45, 2.75) is 25.0 Å². The van der Waals surface area contributed by atoms with Crippen LogP contribution in [-0.2, 0) is 11.2 Å². The van der Waals surface area contributed by atoms with Gasteiger partial charge in [-0.15, -0.1) is 0 Å². The first-order valence-electron chi connectivity index (χ1n) is 6.07. The highest BCUT2D eigenvalue weighted by Gasteiger charge is 2.23. The summed E-state index contributed by atoms with van der Waals surface area (Å²) >= 11 is 1.61. The predicted molar refractivity (Wildman–Crippen MR) is 72.1 cm³/mol. The quantitative estimate of drug-likeness (QED) is 0.778. The number of thioether (sulfide) groups is 1. The molecule has 3 N–H and O–H groups in total. The molecule has 1 heterocycles. The second-order valence-corrected chi connectivity index (χ2v) is 5.65. The average Bonchev–Trinajstić information content (AvgIpc) is 2.75. The number of hydrogen-bond donors (Lipinski definition) is 2. The fraction of sp³-hybridized carbons (Fsp3) is 0.462. The SMILES string of the molecule is NC(CCSCC1Cc2cc(F)ccc2O1)C(=O)O. The van der Waals surface area contributed by atoms with Crippen molar-refractivity contribution in [2.75, 3.05) is 11.5 Å². The molecule has 0 aliphatic carbocycles. The van der Waals surface area contributed by atoms with Crippen molar-refractivity contribution in [2.24, 2.45) is 5.73 Å². The topological polar surface area (TPSA) is 72.5 Å². The second kappa shape index (κ2) is 6.25. The molecule has 0 radical (unpaired) electrons. The molecule has 4 nitrogen and oxygen atoms in total. The summed E-state index contributed by atoms with van der Waals surface area (Å²) in [6.07, 6.45) is 1.17. The molecule has 1 aromatic carbocycles. The Morgan fingerprint density at radius 1 is 1.63 bits per heavy atom. The van der Waals surface area contributed by atoms with Gasteiger partial charge in [0.2, 0.25) is 0 Å². The van der Waals surface area contributed by atoms with Crippen molar-refractivity contribution in [3.63, 3.8) is 0 Å². The Morgan fingerprint density at radius 2 is 2.42 bits per heavy atom.